The number of nitrogens with zero attached hydrogens (tertiary/aromatic N) is 2. The average Bonchev–Trinajstić information content (AvgIpc) is 3.11. The highest BCUT2D eigenvalue weighted by molar-refractivity contribution is 5.94. The van der Waals surface area contributed by atoms with Gasteiger partial charge in [0.1, 0.15) is 23.6 Å². The first-order chi connectivity index (χ1) is 13.9. The number of hydrogen-bond donors (Lipinski definition) is 0. The first-order valence-corrected chi connectivity index (χ1v) is 9.13. The van der Waals surface area contributed by atoms with Gasteiger partial charge in [0.2, 0.25) is 0 Å². The van der Waals surface area contributed by atoms with Gasteiger partial charge in [0.05, 0.1) is 6.54 Å². The summed E-state index contributed by atoms with van der Waals surface area (Å²) in [5.74, 6) is 1.73. The fraction of sp³-hybridized carbons (Fsp3) is 0.286. The molecule has 150 valence electrons. The van der Waals surface area contributed by atoms with E-state index in [9.17, 15) is 9.59 Å². The van der Waals surface area contributed by atoms with Crippen molar-refractivity contribution in [2.45, 2.75) is 26.5 Å². The van der Waals surface area contributed by atoms with Crippen LogP contribution in [0, 0.1) is 13.8 Å². The van der Waals surface area contributed by atoms with Crippen LogP contribution in [0.1, 0.15) is 39.2 Å². The van der Waals surface area contributed by atoms with E-state index in [4.69, 9.17) is 18.4 Å². The summed E-state index contributed by atoms with van der Waals surface area (Å²) in [5.41, 5.74) is 0.375. The quantitative estimate of drug-likeness (QED) is 0.669. The number of ether oxygens (including phenoxy) is 2. The van der Waals surface area contributed by atoms with Crippen molar-refractivity contribution in [3.8, 4) is 11.5 Å². The zero-order valence-corrected chi connectivity index (χ0v) is 16.3. The standard InChI is InChI=1S/C21H20N2O6/c1-12-8-17(18-11-26-15-6-4-5-7-16(15)27-18)28-21(25)19(12)20(24)23(3)10-14-9-13(2)29-22-14/h4-9,18H,10-11H2,1-3H3. The molecule has 1 atom stereocenters. The van der Waals surface area contributed by atoms with Gasteiger partial charge in [-0.1, -0.05) is 17.3 Å². The molecule has 0 saturated heterocycles. The van der Waals surface area contributed by atoms with Crippen LogP contribution in [-0.4, -0.2) is 29.6 Å². The molecule has 0 radical (unpaired) electrons. The van der Waals surface area contributed by atoms with E-state index in [2.05, 4.69) is 5.16 Å². The molecule has 0 aliphatic carbocycles. The SMILES string of the molecule is Cc1cc(CN(C)C(=O)c2c(C)cc(C3COc4ccccc4O3)oc2=O)no1. The molecule has 0 N–H and O–H groups in total. The molecule has 1 unspecified atom stereocenters. The van der Waals surface area contributed by atoms with Gasteiger partial charge < -0.3 is 23.3 Å². The van der Waals surface area contributed by atoms with Crippen molar-refractivity contribution in [3.05, 3.63) is 75.2 Å². The van der Waals surface area contributed by atoms with E-state index in [0.29, 0.717) is 34.3 Å². The van der Waals surface area contributed by atoms with Gasteiger partial charge in [-0.3, -0.25) is 4.79 Å². The molecular formula is C21H20N2O6. The lowest BCUT2D eigenvalue weighted by Gasteiger charge is -2.26. The molecule has 0 bridgehead atoms. The molecular weight excluding hydrogens is 376 g/mol. The Morgan fingerprint density at radius 1 is 1.21 bits per heavy atom. The van der Waals surface area contributed by atoms with Crippen LogP contribution in [0.25, 0.3) is 0 Å². The maximum Gasteiger partial charge on any atom is 0.349 e. The molecule has 0 saturated carbocycles. The molecule has 2 aromatic heterocycles. The molecule has 0 spiro atoms. The number of carbonyl (C=O) groups is 1. The second-order valence-corrected chi connectivity index (χ2v) is 6.95. The normalized spacial score (nSPS) is 15.2. The van der Waals surface area contributed by atoms with E-state index in [1.54, 1.807) is 45.2 Å². The van der Waals surface area contributed by atoms with Crippen molar-refractivity contribution < 1.29 is 23.2 Å². The predicted octanol–water partition coefficient (Wildman–Crippen LogP) is 3.03. The number of aryl methyl sites for hydroxylation is 2. The lowest BCUT2D eigenvalue weighted by atomic mass is 10.1. The van der Waals surface area contributed by atoms with Gasteiger partial charge >= 0.3 is 5.63 Å². The maximum absolute atomic E-state index is 12.8. The van der Waals surface area contributed by atoms with E-state index in [1.165, 1.54) is 4.90 Å². The van der Waals surface area contributed by atoms with Crippen LogP contribution in [0.4, 0.5) is 0 Å². The minimum absolute atomic E-state index is 0.0198. The third-order valence-electron chi connectivity index (χ3n) is 4.63. The molecule has 1 aliphatic heterocycles. The lowest BCUT2D eigenvalue weighted by molar-refractivity contribution is 0.0707. The summed E-state index contributed by atoms with van der Waals surface area (Å²) in [7, 11) is 1.59. The molecule has 1 aliphatic rings. The van der Waals surface area contributed by atoms with Crippen LogP contribution in [0.3, 0.4) is 0 Å². The Labute approximate surface area is 166 Å². The second kappa shape index (κ2) is 7.46. The number of amides is 1. The molecule has 29 heavy (non-hydrogen) atoms. The van der Waals surface area contributed by atoms with Gasteiger partial charge in [0.15, 0.2) is 23.4 Å². The van der Waals surface area contributed by atoms with Crippen molar-refractivity contribution in [2.75, 3.05) is 13.7 Å². The Hall–Kier alpha value is -3.55. The molecule has 1 amide bonds. The van der Waals surface area contributed by atoms with Crippen LogP contribution >= 0.6 is 0 Å². The third-order valence-corrected chi connectivity index (χ3v) is 4.63. The Morgan fingerprint density at radius 2 is 1.97 bits per heavy atom. The van der Waals surface area contributed by atoms with Crippen LogP contribution in [0.15, 0.2) is 50.1 Å². The van der Waals surface area contributed by atoms with Crippen molar-refractivity contribution in [1.82, 2.24) is 10.1 Å². The highest BCUT2D eigenvalue weighted by Gasteiger charge is 2.28. The molecule has 8 heteroatoms. The Bertz CT molecular complexity index is 1120. The molecule has 4 rings (SSSR count). The third kappa shape index (κ3) is 3.73. The number of aromatic nitrogens is 1. The highest BCUT2D eigenvalue weighted by Crippen LogP contribution is 2.35. The van der Waals surface area contributed by atoms with E-state index in [1.807, 2.05) is 12.1 Å². The van der Waals surface area contributed by atoms with Gasteiger partial charge in [0, 0.05) is 13.1 Å². The highest BCUT2D eigenvalue weighted by atomic mass is 16.6. The summed E-state index contributed by atoms with van der Waals surface area (Å²) in [6.45, 7) is 3.88. The van der Waals surface area contributed by atoms with Crippen molar-refractivity contribution >= 4 is 5.91 Å². The number of fused-ring (bicyclic) bond motifs is 1. The number of rotatable bonds is 4. The fourth-order valence-corrected chi connectivity index (χ4v) is 3.21. The fourth-order valence-electron chi connectivity index (χ4n) is 3.21. The smallest absolute Gasteiger partial charge is 0.349 e. The first kappa shape index (κ1) is 18.8. The van der Waals surface area contributed by atoms with Gasteiger partial charge in [-0.2, -0.15) is 0 Å². The summed E-state index contributed by atoms with van der Waals surface area (Å²) in [6, 6.07) is 10.7. The van der Waals surface area contributed by atoms with E-state index >= 15 is 0 Å². The summed E-state index contributed by atoms with van der Waals surface area (Å²) in [5, 5.41) is 3.87. The predicted molar refractivity (Wildman–Crippen MR) is 102 cm³/mol. The van der Waals surface area contributed by atoms with Gasteiger partial charge in [-0.25, -0.2) is 4.79 Å². The molecule has 0 fully saturated rings. The molecule has 1 aromatic carbocycles. The van der Waals surface area contributed by atoms with Crippen LogP contribution in [-0.2, 0) is 6.54 Å². The van der Waals surface area contributed by atoms with E-state index in [-0.39, 0.29) is 18.7 Å². The van der Waals surface area contributed by atoms with E-state index in [0.717, 1.165) is 0 Å². The lowest BCUT2D eigenvalue weighted by Crippen LogP contribution is -2.32. The Kier molecular flexibility index (Phi) is 4.84. The maximum atomic E-state index is 12.8. The Morgan fingerprint density at radius 3 is 2.66 bits per heavy atom. The summed E-state index contributed by atoms with van der Waals surface area (Å²) < 4.78 is 22.0. The summed E-state index contributed by atoms with van der Waals surface area (Å²) in [4.78, 5) is 26.8. The number of hydrogen-bond acceptors (Lipinski definition) is 7. The zero-order valence-electron chi connectivity index (χ0n) is 16.3. The van der Waals surface area contributed by atoms with Crippen molar-refractivity contribution in [1.29, 1.82) is 0 Å². The molecule has 3 heterocycles. The van der Waals surface area contributed by atoms with Crippen LogP contribution < -0.4 is 15.1 Å². The number of carbonyl (C=O) groups excluding carboxylic acids is 1. The monoisotopic (exact) mass is 396 g/mol. The van der Waals surface area contributed by atoms with Gasteiger partial charge in [0.25, 0.3) is 5.91 Å². The summed E-state index contributed by atoms with van der Waals surface area (Å²) >= 11 is 0. The van der Waals surface area contributed by atoms with Gasteiger partial charge in [-0.05, 0) is 37.6 Å². The number of benzene rings is 1. The second-order valence-electron chi connectivity index (χ2n) is 6.95. The van der Waals surface area contributed by atoms with E-state index < -0.39 is 17.6 Å². The zero-order chi connectivity index (χ0) is 20.5. The number of para-hydroxylation sites is 2. The molecule has 8 nitrogen and oxygen atoms in total. The van der Waals surface area contributed by atoms with Crippen molar-refractivity contribution in [2.24, 2.45) is 0 Å². The van der Waals surface area contributed by atoms with Crippen LogP contribution in [0.5, 0.6) is 11.5 Å². The minimum atomic E-state index is -0.712. The van der Waals surface area contributed by atoms with Gasteiger partial charge in [-0.15, -0.1) is 0 Å². The summed E-state index contributed by atoms with van der Waals surface area (Å²) in [6.07, 6.45) is -0.573. The first-order valence-electron chi connectivity index (χ1n) is 9.13. The Balaban J connectivity index is 1.56. The van der Waals surface area contributed by atoms with Crippen molar-refractivity contribution in [3.63, 3.8) is 0 Å². The average molecular weight is 396 g/mol. The largest absolute Gasteiger partial charge is 0.485 e. The minimum Gasteiger partial charge on any atom is -0.485 e. The molecule has 3 aromatic rings. The topological polar surface area (TPSA) is 95.0 Å². The van der Waals surface area contributed by atoms with Crippen LogP contribution in [0.2, 0.25) is 0 Å².